The van der Waals surface area contributed by atoms with Gasteiger partial charge in [0.25, 0.3) is 5.91 Å². The van der Waals surface area contributed by atoms with Crippen LogP contribution in [0.1, 0.15) is 52.2 Å². The predicted molar refractivity (Wildman–Crippen MR) is 91.5 cm³/mol. The lowest BCUT2D eigenvalue weighted by Crippen LogP contribution is -2.13. The molecular weight excluding hydrogens is 294 g/mol. The average molecular weight is 315 g/mol. The van der Waals surface area contributed by atoms with Crippen LogP contribution >= 0.6 is 11.3 Å². The Morgan fingerprint density at radius 3 is 2.82 bits per heavy atom. The van der Waals surface area contributed by atoms with Gasteiger partial charge < -0.3 is 5.73 Å². The highest BCUT2D eigenvalue weighted by Gasteiger charge is 2.16. The third-order valence-corrected chi connectivity index (χ3v) is 5.15. The maximum absolute atomic E-state index is 12.4. The summed E-state index contributed by atoms with van der Waals surface area (Å²) in [6, 6.07) is 5.39. The Morgan fingerprint density at radius 1 is 1.23 bits per heavy atom. The van der Waals surface area contributed by atoms with Gasteiger partial charge in [-0.05, 0) is 50.3 Å². The summed E-state index contributed by atoms with van der Waals surface area (Å²) in [5.41, 5.74) is 9.08. The lowest BCUT2D eigenvalue weighted by atomic mass is 10.0. The first-order chi connectivity index (χ1) is 10.6. The Morgan fingerprint density at radius 2 is 2.00 bits per heavy atom. The second kappa shape index (κ2) is 6.48. The van der Waals surface area contributed by atoms with E-state index in [9.17, 15) is 4.79 Å². The van der Waals surface area contributed by atoms with E-state index in [-0.39, 0.29) is 5.91 Å². The van der Waals surface area contributed by atoms with Gasteiger partial charge in [0.05, 0.1) is 5.69 Å². The zero-order chi connectivity index (χ0) is 15.5. The molecule has 0 radical (unpaired) electrons. The number of anilines is 2. The van der Waals surface area contributed by atoms with E-state index in [4.69, 9.17) is 5.73 Å². The Kier molecular flexibility index (Phi) is 4.43. The third-order valence-electron chi connectivity index (χ3n) is 4.07. The molecule has 0 spiro atoms. The summed E-state index contributed by atoms with van der Waals surface area (Å²) in [5.74, 6) is -0.133. The molecule has 2 aromatic rings. The van der Waals surface area contributed by atoms with E-state index >= 15 is 0 Å². The van der Waals surface area contributed by atoms with Crippen LogP contribution in [-0.2, 0) is 12.8 Å². The first-order valence-electron chi connectivity index (χ1n) is 7.79. The highest BCUT2D eigenvalue weighted by atomic mass is 32.1. The van der Waals surface area contributed by atoms with Crippen molar-refractivity contribution in [2.75, 3.05) is 11.1 Å². The van der Waals surface area contributed by atoms with E-state index in [2.05, 4.69) is 10.3 Å². The first-order valence-corrected chi connectivity index (χ1v) is 8.61. The number of carbonyl (C=O) groups excluding carboxylic acids is 1. The highest BCUT2D eigenvalue weighted by molar-refractivity contribution is 7.15. The number of hydrogen-bond acceptors (Lipinski definition) is 4. The van der Waals surface area contributed by atoms with Crippen LogP contribution in [0.15, 0.2) is 18.2 Å². The largest absolute Gasteiger partial charge is 0.399 e. The molecule has 1 aliphatic rings. The van der Waals surface area contributed by atoms with Gasteiger partial charge >= 0.3 is 0 Å². The summed E-state index contributed by atoms with van der Waals surface area (Å²) in [4.78, 5) is 18.4. The van der Waals surface area contributed by atoms with Gasteiger partial charge in [0.2, 0.25) is 0 Å². The van der Waals surface area contributed by atoms with Crippen LogP contribution in [0.25, 0.3) is 0 Å². The number of nitrogens with one attached hydrogen (secondary N) is 1. The van der Waals surface area contributed by atoms with Crippen molar-refractivity contribution in [1.82, 2.24) is 4.98 Å². The maximum Gasteiger partial charge on any atom is 0.257 e. The van der Waals surface area contributed by atoms with E-state index in [1.54, 1.807) is 23.5 Å². The van der Waals surface area contributed by atoms with Crippen LogP contribution in [0.4, 0.5) is 10.8 Å². The zero-order valence-electron chi connectivity index (χ0n) is 12.8. The number of aromatic nitrogens is 1. The molecule has 1 amide bonds. The van der Waals surface area contributed by atoms with Gasteiger partial charge in [-0.15, -0.1) is 11.3 Å². The van der Waals surface area contributed by atoms with Crippen molar-refractivity contribution in [2.24, 2.45) is 0 Å². The van der Waals surface area contributed by atoms with Crippen LogP contribution in [0, 0.1) is 6.92 Å². The Labute approximate surface area is 134 Å². The SMILES string of the molecule is Cc1ccc(N)cc1C(=O)Nc1nc2c(s1)CCCCCC2. The molecule has 0 bridgehead atoms. The Balaban J connectivity index is 1.79. The van der Waals surface area contributed by atoms with Gasteiger partial charge in [-0.3, -0.25) is 10.1 Å². The summed E-state index contributed by atoms with van der Waals surface area (Å²) in [7, 11) is 0. The number of nitrogens with two attached hydrogens (primary N) is 1. The molecule has 1 aliphatic carbocycles. The molecule has 1 heterocycles. The fourth-order valence-corrected chi connectivity index (χ4v) is 3.85. The van der Waals surface area contributed by atoms with Crippen LogP contribution in [0.5, 0.6) is 0 Å². The van der Waals surface area contributed by atoms with E-state index in [0.29, 0.717) is 16.4 Å². The number of nitrogens with zero attached hydrogens (tertiary/aromatic N) is 1. The van der Waals surface area contributed by atoms with Crippen molar-refractivity contribution >= 4 is 28.1 Å². The number of fused-ring (bicyclic) bond motifs is 1. The van der Waals surface area contributed by atoms with Gasteiger partial charge in [-0.1, -0.05) is 18.9 Å². The van der Waals surface area contributed by atoms with Crippen LogP contribution in [-0.4, -0.2) is 10.9 Å². The molecule has 3 N–H and O–H groups in total. The lowest BCUT2D eigenvalue weighted by Gasteiger charge is -2.06. The van der Waals surface area contributed by atoms with Crippen LogP contribution in [0.2, 0.25) is 0 Å². The molecular formula is C17H21N3OS. The third kappa shape index (κ3) is 3.30. The molecule has 3 rings (SSSR count). The normalized spacial score (nSPS) is 14.8. The smallest absolute Gasteiger partial charge is 0.257 e. The van der Waals surface area contributed by atoms with Gasteiger partial charge in [-0.2, -0.15) is 0 Å². The number of nitrogen functional groups attached to an aromatic ring is 1. The number of amides is 1. The molecule has 1 aromatic heterocycles. The van der Waals surface area contributed by atoms with Gasteiger partial charge in [0, 0.05) is 16.1 Å². The predicted octanol–water partition coefficient (Wildman–Crippen LogP) is 3.95. The summed E-state index contributed by atoms with van der Waals surface area (Å²) >= 11 is 1.62. The standard InChI is InChI=1S/C17H21N3OS/c1-11-8-9-12(18)10-13(11)16(21)20-17-19-14-6-4-2-3-5-7-15(14)22-17/h8-10H,2-7,18H2,1H3,(H,19,20,21). The van der Waals surface area contributed by atoms with Crippen molar-refractivity contribution in [2.45, 2.75) is 45.4 Å². The molecule has 22 heavy (non-hydrogen) atoms. The maximum atomic E-state index is 12.4. The van der Waals surface area contributed by atoms with Gasteiger partial charge in [0.15, 0.2) is 5.13 Å². The number of aryl methyl sites for hydroxylation is 3. The minimum Gasteiger partial charge on any atom is -0.399 e. The summed E-state index contributed by atoms with van der Waals surface area (Å²) < 4.78 is 0. The van der Waals surface area contributed by atoms with Crippen molar-refractivity contribution < 1.29 is 4.79 Å². The van der Waals surface area contributed by atoms with E-state index in [1.807, 2.05) is 13.0 Å². The van der Waals surface area contributed by atoms with Crippen molar-refractivity contribution in [3.05, 3.63) is 39.9 Å². The van der Waals surface area contributed by atoms with Gasteiger partial charge in [-0.25, -0.2) is 4.98 Å². The quantitative estimate of drug-likeness (QED) is 0.825. The van der Waals surface area contributed by atoms with Crippen molar-refractivity contribution in [3.63, 3.8) is 0 Å². The molecule has 0 saturated carbocycles. The second-order valence-corrected chi connectivity index (χ2v) is 6.92. The van der Waals surface area contributed by atoms with Crippen LogP contribution < -0.4 is 11.1 Å². The van der Waals surface area contributed by atoms with E-state index in [1.165, 1.54) is 36.3 Å². The number of thiazole rings is 1. The Hall–Kier alpha value is -1.88. The van der Waals surface area contributed by atoms with E-state index in [0.717, 1.165) is 18.4 Å². The number of benzene rings is 1. The van der Waals surface area contributed by atoms with Crippen LogP contribution in [0.3, 0.4) is 0 Å². The lowest BCUT2D eigenvalue weighted by molar-refractivity contribution is 0.102. The second-order valence-electron chi connectivity index (χ2n) is 5.83. The van der Waals surface area contributed by atoms with Gasteiger partial charge in [0.1, 0.15) is 0 Å². The molecule has 0 aliphatic heterocycles. The minimum absolute atomic E-state index is 0.133. The number of rotatable bonds is 2. The molecule has 4 nitrogen and oxygen atoms in total. The average Bonchev–Trinajstić information content (AvgIpc) is 2.82. The molecule has 0 atom stereocenters. The highest BCUT2D eigenvalue weighted by Crippen LogP contribution is 2.29. The molecule has 0 fully saturated rings. The monoisotopic (exact) mass is 315 g/mol. The first kappa shape index (κ1) is 15.0. The van der Waals surface area contributed by atoms with E-state index < -0.39 is 0 Å². The number of carbonyl (C=O) groups is 1. The molecule has 1 aromatic carbocycles. The Bertz CT molecular complexity index is 668. The summed E-state index contributed by atoms with van der Waals surface area (Å²) in [6.45, 7) is 1.91. The molecule has 5 heteroatoms. The fraction of sp³-hybridized carbons (Fsp3) is 0.412. The van der Waals surface area contributed by atoms with Crippen molar-refractivity contribution in [3.8, 4) is 0 Å². The molecule has 0 saturated heterocycles. The molecule has 0 unspecified atom stereocenters. The zero-order valence-corrected chi connectivity index (χ0v) is 13.6. The van der Waals surface area contributed by atoms with Crippen molar-refractivity contribution in [1.29, 1.82) is 0 Å². The minimum atomic E-state index is -0.133. The summed E-state index contributed by atoms with van der Waals surface area (Å²) in [6.07, 6.45) is 7.09. The molecule has 116 valence electrons. The summed E-state index contributed by atoms with van der Waals surface area (Å²) in [5, 5.41) is 3.64. The topological polar surface area (TPSA) is 68.0 Å². The fourth-order valence-electron chi connectivity index (χ4n) is 2.81. The number of hydrogen-bond donors (Lipinski definition) is 2.